The third-order valence-electron chi connectivity index (χ3n) is 3.72. The Morgan fingerprint density at radius 1 is 1.37 bits per heavy atom. The van der Waals surface area contributed by atoms with Gasteiger partial charge in [0.05, 0.1) is 0 Å². The summed E-state index contributed by atoms with van der Waals surface area (Å²) < 4.78 is 0. The lowest BCUT2D eigenvalue weighted by Gasteiger charge is -2.37. The Kier molecular flexibility index (Phi) is 4.56. The minimum absolute atomic E-state index is 0.0317. The summed E-state index contributed by atoms with van der Waals surface area (Å²) in [4.78, 5) is 14.0. The van der Waals surface area contributed by atoms with Gasteiger partial charge in [0.25, 0.3) is 5.91 Å². The van der Waals surface area contributed by atoms with Gasteiger partial charge in [-0.1, -0.05) is 12.1 Å². The number of amides is 1. The molecule has 2 rings (SSSR count). The molecule has 1 heterocycles. The molecule has 1 aliphatic rings. The van der Waals surface area contributed by atoms with E-state index in [-0.39, 0.29) is 5.91 Å². The maximum atomic E-state index is 11.5. The van der Waals surface area contributed by atoms with Crippen LogP contribution in [0.1, 0.15) is 29.8 Å². The molecule has 104 valence electrons. The van der Waals surface area contributed by atoms with E-state index in [2.05, 4.69) is 29.4 Å². The van der Waals surface area contributed by atoms with Crippen LogP contribution < -0.4 is 10.6 Å². The summed E-state index contributed by atoms with van der Waals surface area (Å²) >= 11 is 0. The molecule has 0 aliphatic carbocycles. The van der Waals surface area contributed by atoms with E-state index >= 15 is 0 Å². The van der Waals surface area contributed by atoms with Gasteiger partial charge < -0.3 is 10.6 Å². The summed E-state index contributed by atoms with van der Waals surface area (Å²) in [5.74, 6) is -0.0317. The van der Waals surface area contributed by atoms with Crippen molar-refractivity contribution in [2.24, 2.45) is 0 Å². The van der Waals surface area contributed by atoms with E-state index < -0.39 is 0 Å². The second-order valence-electron chi connectivity index (χ2n) is 5.36. The average molecular weight is 261 g/mol. The van der Waals surface area contributed by atoms with E-state index in [1.165, 1.54) is 5.56 Å². The molecule has 1 amide bonds. The molecule has 0 spiro atoms. The largest absolute Gasteiger partial charge is 0.355 e. The third kappa shape index (κ3) is 3.55. The van der Waals surface area contributed by atoms with Crippen LogP contribution in [0.3, 0.4) is 0 Å². The first-order valence-electron chi connectivity index (χ1n) is 6.88. The van der Waals surface area contributed by atoms with Gasteiger partial charge in [0.2, 0.25) is 0 Å². The Morgan fingerprint density at radius 3 is 2.68 bits per heavy atom. The molecule has 4 heteroatoms. The van der Waals surface area contributed by atoms with Crippen molar-refractivity contribution >= 4 is 5.91 Å². The van der Waals surface area contributed by atoms with Crippen LogP contribution in [0.25, 0.3) is 0 Å². The van der Waals surface area contributed by atoms with Crippen molar-refractivity contribution in [2.45, 2.75) is 32.5 Å². The van der Waals surface area contributed by atoms with Gasteiger partial charge in [-0.25, -0.2) is 0 Å². The Hall–Kier alpha value is -1.39. The molecule has 0 bridgehead atoms. The lowest BCUT2D eigenvalue weighted by Crippen LogP contribution is -2.53. The molecule has 1 aromatic carbocycles. The highest BCUT2D eigenvalue weighted by Gasteiger charge is 2.22. The molecule has 1 saturated heterocycles. The van der Waals surface area contributed by atoms with Gasteiger partial charge in [-0.3, -0.25) is 9.69 Å². The maximum Gasteiger partial charge on any atom is 0.251 e. The minimum atomic E-state index is -0.0317. The highest BCUT2D eigenvalue weighted by atomic mass is 16.1. The Labute approximate surface area is 115 Å². The molecular weight excluding hydrogens is 238 g/mol. The number of hydrogen-bond donors (Lipinski definition) is 2. The molecule has 2 unspecified atom stereocenters. The van der Waals surface area contributed by atoms with Crippen molar-refractivity contribution in [2.75, 3.05) is 20.1 Å². The zero-order valence-electron chi connectivity index (χ0n) is 11.9. The number of benzene rings is 1. The average Bonchev–Trinajstić information content (AvgIpc) is 2.43. The fraction of sp³-hybridized carbons (Fsp3) is 0.533. The predicted molar refractivity (Wildman–Crippen MR) is 77.2 cm³/mol. The molecular formula is C15H23N3O. The molecule has 0 aromatic heterocycles. The van der Waals surface area contributed by atoms with Gasteiger partial charge in [-0.15, -0.1) is 0 Å². The molecule has 4 nitrogen and oxygen atoms in total. The predicted octanol–water partition coefficient (Wildman–Crippen LogP) is 1.23. The van der Waals surface area contributed by atoms with Crippen molar-refractivity contribution in [3.05, 3.63) is 35.4 Å². The summed E-state index contributed by atoms with van der Waals surface area (Å²) in [6.07, 6.45) is 0. The van der Waals surface area contributed by atoms with Crippen LogP contribution >= 0.6 is 0 Å². The number of piperazine rings is 1. The van der Waals surface area contributed by atoms with E-state index in [1.54, 1.807) is 7.05 Å². The fourth-order valence-electron chi connectivity index (χ4n) is 2.46. The SMILES string of the molecule is CNC(=O)c1ccc(CN2CC(C)NCC2C)cc1. The summed E-state index contributed by atoms with van der Waals surface area (Å²) in [6, 6.07) is 8.97. The zero-order chi connectivity index (χ0) is 13.8. The molecule has 0 radical (unpaired) electrons. The molecule has 2 N–H and O–H groups in total. The summed E-state index contributed by atoms with van der Waals surface area (Å²) in [5.41, 5.74) is 1.97. The first kappa shape index (κ1) is 14.0. The molecule has 0 saturated carbocycles. The molecule has 1 aromatic rings. The van der Waals surface area contributed by atoms with Crippen LogP contribution in [0.5, 0.6) is 0 Å². The lowest BCUT2D eigenvalue weighted by atomic mass is 10.1. The molecule has 1 aliphatic heterocycles. The zero-order valence-corrected chi connectivity index (χ0v) is 11.9. The third-order valence-corrected chi connectivity index (χ3v) is 3.72. The van der Waals surface area contributed by atoms with Crippen LogP contribution in [0, 0.1) is 0 Å². The van der Waals surface area contributed by atoms with E-state index in [0.29, 0.717) is 17.6 Å². The van der Waals surface area contributed by atoms with Crippen molar-refractivity contribution in [3.63, 3.8) is 0 Å². The number of hydrogen-bond acceptors (Lipinski definition) is 3. The van der Waals surface area contributed by atoms with Gasteiger partial charge in [0, 0.05) is 44.3 Å². The maximum absolute atomic E-state index is 11.5. The molecule has 1 fully saturated rings. The van der Waals surface area contributed by atoms with E-state index in [9.17, 15) is 4.79 Å². The summed E-state index contributed by atoms with van der Waals surface area (Å²) in [5, 5.41) is 6.12. The normalized spacial score (nSPS) is 24.2. The Balaban J connectivity index is 2.00. The Morgan fingerprint density at radius 2 is 2.05 bits per heavy atom. The molecule has 2 atom stereocenters. The van der Waals surface area contributed by atoms with Crippen molar-refractivity contribution in [1.29, 1.82) is 0 Å². The van der Waals surface area contributed by atoms with Gasteiger partial charge in [0.1, 0.15) is 0 Å². The van der Waals surface area contributed by atoms with Crippen LogP contribution in [0.15, 0.2) is 24.3 Å². The molecule has 19 heavy (non-hydrogen) atoms. The topological polar surface area (TPSA) is 44.4 Å². The number of carbonyl (C=O) groups excluding carboxylic acids is 1. The van der Waals surface area contributed by atoms with Gasteiger partial charge >= 0.3 is 0 Å². The van der Waals surface area contributed by atoms with Crippen LogP contribution in [-0.4, -0.2) is 43.0 Å². The first-order chi connectivity index (χ1) is 9.10. The number of carbonyl (C=O) groups is 1. The van der Waals surface area contributed by atoms with E-state index in [0.717, 1.165) is 19.6 Å². The van der Waals surface area contributed by atoms with E-state index in [4.69, 9.17) is 0 Å². The smallest absolute Gasteiger partial charge is 0.251 e. The number of rotatable bonds is 3. The van der Waals surface area contributed by atoms with Crippen molar-refractivity contribution in [1.82, 2.24) is 15.5 Å². The number of nitrogens with zero attached hydrogens (tertiary/aromatic N) is 1. The van der Waals surface area contributed by atoms with Gasteiger partial charge in [-0.05, 0) is 31.5 Å². The van der Waals surface area contributed by atoms with Crippen molar-refractivity contribution < 1.29 is 4.79 Å². The second kappa shape index (κ2) is 6.17. The van der Waals surface area contributed by atoms with Gasteiger partial charge in [-0.2, -0.15) is 0 Å². The lowest BCUT2D eigenvalue weighted by molar-refractivity contribution is 0.0963. The number of nitrogens with one attached hydrogen (secondary N) is 2. The summed E-state index contributed by atoms with van der Waals surface area (Å²) in [6.45, 7) is 7.52. The van der Waals surface area contributed by atoms with Gasteiger partial charge in [0.15, 0.2) is 0 Å². The standard InChI is InChI=1S/C15H23N3O/c1-11-9-18(12(2)8-17-11)10-13-4-6-14(7-5-13)15(19)16-3/h4-7,11-12,17H,8-10H2,1-3H3,(H,16,19). The first-order valence-corrected chi connectivity index (χ1v) is 6.88. The summed E-state index contributed by atoms with van der Waals surface area (Å²) in [7, 11) is 1.65. The highest BCUT2D eigenvalue weighted by Crippen LogP contribution is 2.13. The highest BCUT2D eigenvalue weighted by molar-refractivity contribution is 5.93. The van der Waals surface area contributed by atoms with E-state index in [1.807, 2.05) is 24.3 Å². The van der Waals surface area contributed by atoms with Crippen molar-refractivity contribution in [3.8, 4) is 0 Å². The minimum Gasteiger partial charge on any atom is -0.355 e. The van der Waals surface area contributed by atoms with Crippen LogP contribution in [0.4, 0.5) is 0 Å². The second-order valence-corrected chi connectivity index (χ2v) is 5.36. The van der Waals surface area contributed by atoms with Crippen LogP contribution in [0.2, 0.25) is 0 Å². The Bertz CT molecular complexity index is 430. The van der Waals surface area contributed by atoms with Crippen LogP contribution in [-0.2, 0) is 6.54 Å². The quantitative estimate of drug-likeness (QED) is 0.860. The monoisotopic (exact) mass is 261 g/mol. The fourth-order valence-corrected chi connectivity index (χ4v) is 2.46.